The SMILES string of the molecule is CCCCNC(=O)[C@H](CC)N(Cc1ccccc1)C(=O)CN(c1ccc(OC)c(OC)c1)S(C)(=O)=O. The highest BCUT2D eigenvalue weighted by molar-refractivity contribution is 7.92. The van der Waals surface area contributed by atoms with Crippen LogP contribution >= 0.6 is 0 Å². The molecule has 0 aliphatic rings. The van der Waals surface area contributed by atoms with Gasteiger partial charge in [-0.05, 0) is 30.5 Å². The van der Waals surface area contributed by atoms with E-state index in [1.807, 2.05) is 44.2 Å². The van der Waals surface area contributed by atoms with Crippen molar-refractivity contribution in [3.05, 3.63) is 54.1 Å². The Hall–Kier alpha value is -3.27. The van der Waals surface area contributed by atoms with Gasteiger partial charge < -0.3 is 19.7 Å². The minimum Gasteiger partial charge on any atom is -0.493 e. The Balaban J connectivity index is 2.42. The van der Waals surface area contributed by atoms with Gasteiger partial charge in [0.05, 0.1) is 26.2 Å². The van der Waals surface area contributed by atoms with Crippen LogP contribution in [-0.4, -0.2) is 64.7 Å². The first-order chi connectivity index (χ1) is 17.2. The first-order valence-corrected chi connectivity index (χ1v) is 13.8. The maximum atomic E-state index is 13.7. The van der Waals surface area contributed by atoms with Gasteiger partial charge in [-0.1, -0.05) is 50.6 Å². The molecule has 0 radical (unpaired) electrons. The van der Waals surface area contributed by atoms with Crippen molar-refractivity contribution in [3.63, 3.8) is 0 Å². The summed E-state index contributed by atoms with van der Waals surface area (Å²) >= 11 is 0. The summed E-state index contributed by atoms with van der Waals surface area (Å²) in [7, 11) is -0.919. The molecule has 0 bridgehead atoms. The number of ether oxygens (including phenoxy) is 2. The van der Waals surface area contributed by atoms with Crippen molar-refractivity contribution in [1.29, 1.82) is 0 Å². The Morgan fingerprint density at radius 2 is 1.67 bits per heavy atom. The zero-order valence-corrected chi connectivity index (χ0v) is 22.5. The van der Waals surface area contributed by atoms with E-state index >= 15 is 0 Å². The minimum absolute atomic E-state index is 0.170. The van der Waals surface area contributed by atoms with E-state index in [0.717, 1.165) is 29.0 Å². The number of nitrogens with zero attached hydrogens (tertiary/aromatic N) is 2. The zero-order chi connectivity index (χ0) is 26.7. The van der Waals surface area contributed by atoms with E-state index < -0.39 is 28.5 Å². The fraction of sp³-hybridized carbons (Fsp3) is 0.462. The van der Waals surface area contributed by atoms with E-state index in [-0.39, 0.29) is 18.1 Å². The number of amides is 2. The van der Waals surface area contributed by atoms with Gasteiger partial charge in [-0.2, -0.15) is 0 Å². The van der Waals surface area contributed by atoms with Crippen LogP contribution in [0.4, 0.5) is 5.69 Å². The molecule has 0 saturated carbocycles. The molecule has 198 valence electrons. The number of sulfonamides is 1. The van der Waals surface area contributed by atoms with Crippen molar-refractivity contribution in [2.24, 2.45) is 0 Å². The fourth-order valence-corrected chi connectivity index (χ4v) is 4.64. The van der Waals surface area contributed by atoms with Crippen LogP contribution in [0.15, 0.2) is 48.5 Å². The summed E-state index contributed by atoms with van der Waals surface area (Å²) in [5, 5.41) is 2.90. The van der Waals surface area contributed by atoms with Crippen LogP contribution in [0.2, 0.25) is 0 Å². The van der Waals surface area contributed by atoms with Crippen LogP contribution in [0, 0.1) is 0 Å². The monoisotopic (exact) mass is 519 g/mol. The third-order valence-electron chi connectivity index (χ3n) is 5.75. The molecule has 1 atom stereocenters. The highest BCUT2D eigenvalue weighted by Gasteiger charge is 2.31. The Kier molecular flexibility index (Phi) is 11.0. The third-order valence-corrected chi connectivity index (χ3v) is 6.89. The van der Waals surface area contributed by atoms with E-state index in [0.29, 0.717) is 24.5 Å². The van der Waals surface area contributed by atoms with Gasteiger partial charge in [-0.15, -0.1) is 0 Å². The first kappa shape index (κ1) is 29.0. The van der Waals surface area contributed by atoms with Crippen LogP contribution in [0.1, 0.15) is 38.7 Å². The highest BCUT2D eigenvalue weighted by Crippen LogP contribution is 2.32. The smallest absolute Gasteiger partial charge is 0.244 e. The van der Waals surface area contributed by atoms with Crippen LogP contribution in [0.5, 0.6) is 11.5 Å². The molecule has 0 aliphatic heterocycles. The van der Waals surface area contributed by atoms with Gasteiger partial charge in [0.15, 0.2) is 11.5 Å². The molecule has 0 saturated heterocycles. The lowest BCUT2D eigenvalue weighted by Crippen LogP contribution is -2.52. The van der Waals surface area contributed by atoms with Gasteiger partial charge in [0, 0.05) is 19.2 Å². The predicted molar refractivity (Wildman–Crippen MR) is 141 cm³/mol. The van der Waals surface area contributed by atoms with Crippen LogP contribution in [-0.2, 0) is 26.2 Å². The number of benzene rings is 2. The number of rotatable bonds is 14. The Bertz CT molecular complexity index is 1110. The molecule has 1 N–H and O–H groups in total. The van der Waals surface area contributed by atoms with Crippen molar-refractivity contribution >= 4 is 27.5 Å². The van der Waals surface area contributed by atoms with Crippen LogP contribution < -0.4 is 19.1 Å². The summed E-state index contributed by atoms with van der Waals surface area (Å²) in [6.07, 6.45) is 3.17. The summed E-state index contributed by atoms with van der Waals surface area (Å²) < 4.78 is 37.1. The van der Waals surface area contributed by atoms with Gasteiger partial charge in [0.1, 0.15) is 12.6 Å². The Labute approximate surface area is 214 Å². The molecule has 2 rings (SSSR count). The minimum atomic E-state index is -3.85. The topological polar surface area (TPSA) is 105 Å². The van der Waals surface area contributed by atoms with Gasteiger partial charge in [0.2, 0.25) is 21.8 Å². The Morgan fingerprint density at radius 3 is 2.22 bits per heavy atom. The number of hydrogen-bond donors (Lipinski definition) is 1. The molecule has 2 aromatic carbocycles. The molecule has 2 aromatic rings. The first-order valence-electron chi connectivity index (χ1n) is 12.0. The fourth-order valence-electron chi connectivity index (χ4n) is 3.80. The van der Waals surface area contributed by atoms with Crippen molar-refractivity contribution in [2.75, 3.05) is 37.9 Å². The van der Waals surface area contributed by atoms with E-state index in [1.54, 1.807) is 12.1 Å². The molecule has 0 fully saturated rings. The highest BCUT2D eigenvalue weighted by atomic mass is 32.2. The van der Waals surface area contributed by atoms with Crippen molar-refractivity contribution < 1.29 is 27.5 Å². The molecule has 9 nitrogen and oxygen atoms in total. The molecule has 0 unspecified atom stereocenters. The lowest BCUT2D eigenvalue weighted by Gasteiger charge is -2.33. The average Bonchev–Trinajstić information content (AvgIpc) is 2.86. The van der Waals surface area contributed by atoms with Crippen molar-refractivity contribution in [1.82, 2.24) is 10.2 Å². The maximum Gasteiger partial charge on any atom is 0.244 e. The summed E-state index contributed by atoms with van der Waals surface area (Å²) in [6, 6.07) is 13.2. The number of nitrogens with one attached hydrogen (secondary N) is 1. The van der Waals surface area contributed by atoms with Gasteiger partial charge >= 0.3 is 0 Å². The molecule has 0 heterocycles. The summed E-state index contributed by atoms with van der Waals surface area (Å²) in [5.41, 5.74) is 1.09. The summed E-state index contributed by atoms with van der Waals surface area (Å²) in [6.45, 7) is 4.07. The van der Waals surface area contributed by atoms with Gasteiger partial charge in [-0.3, -0.25) is 13.9 Å². The molecule has 0 aromatic heterocycles. The molecule has 2 amide bonds. The van der Waals surface area contributed by atoms with Gasteiger partial charge in [0.25, 0.3) is 0 Å². The third kappa shape index (κ3) is 7.87. The Morgan fingerprint density at radius 1 is 1.00 bits per heavy atom. The molecule has 36 heavy (non-hydrogen) atoms. The van der Waals surface area contributed by atoms with Crippen molar-refractivity contribution in [2.45, 2.75) is 45.7 Å². The molecular weight excluding hydrogens is 482 g/mol. The molecular formula is C26H37N3O6S. The predicted octanol–water partition coefficient (Wildman–Crippen LogP) is 3.19. The van der Waals surface area contributed by atoms with Gasteiger partial charge in [-0.25, -0.2) is 8.42 Å². The average molecular weight is 520 g/mol. The number of anilines is 1. The van der Waals surface area contributed by atoms with E-state index in [1.165, 1.54) is 25.2 Å². The summed E-state index contributed by atoms with van der Waals surface area (Å²) in [4.78, 5) is 28.2. The second-order valence-electron chi connectivity index (χ2n) is 8.38. The zero-order valence-electron chi connectivity index (χ0n) is 21.7. The van der Waals surface area contributed by atoms with E-state index in [4.69, 9.17) is 9.47 Å². The second-order valence-corrected chi connectivity index (χ2v) is 10.3. The van der Waals surface area contributed by atoms with E-state index in [9.17, 15) is 18.0 Å². The van der Waals surface area contributed by atoms with Crippen LogP contribution in [0.25, 0.3) is 0 Å². The lowest BCUT2D eigenvalue weighted by molar-refractivity contribution is -0.140. The number of methoxy groups -OCH3 is 2. The number of hydrogen-bond acceptors (Lipinski definition) is 6. The second kappa shape index (κ2) is 13.7. The van der Waals surface area contributed by atoms with Crippen molar-refractivity contribution in [3.8, 4) is 11.5 Å². The molecule has 0 spiro atoms. The molecule has 10 heteroatoms. The number of carbonyl (C=O) groups excluding carboxylic acids is 2. The standard InChI is InChI=1S/C26H37N3O6S/c1-6-8-16-27-26(31)22(7-2)28(18-20-12-10-9-11-13-20)25(30)19-29(36(5,32)33)21-14-15-23(34-3)24(17-21)35-4/h9-15,17,22H,6-8,16,18-19H2,1-5H3,(H,27,31)/t22-/m0/s1. The normalized spacial score (nSPS) is 11.9. The van der Waals surface area contributed by atoms with Crippen LogP contribution in [0.3, 0.4) is 0 Å². The number of unbranched alkanes of at least 4 members (excludes halogenated alkanes) is 1. The summed E-state index contributed by atoms with van der Waals surface area (Å²) in [5.74, 6) is 0.0179. The largest absolute Gasteiger partial charge is 0.493 e. The molecule has 0 aliphatic carbocycles. The maximum absolute atomic E-state index is 13.7. The quantitative estimate of drug-likeness (QED) is 0.385. The number of carbonyl (C=O) groups is 2. The lowest BCUT2D eigenvalue weighted by atomic mass is 10.1. The van der Waals surface area contributed by atoms with E-state index in [2.05, 4.69) is 5.32 Å².